The lowest BCUT2D eigenvalue weighted by Gasteiger charge is -2.21. The van der Waals surface area contributed by atoms with Crippen molar-refractivity contribution in [1.82, 2.24) is 0 Å². The number of methoxy groups -OCH3 is 4. The summed E-state index contributed by atoms with van der Waals surface area (Å²) in [5, 5.41) is 2.11. The molecule has 0 spiro atoms. The van der Waals surface area contributed by atoms with Gasteiger partial charge in [-0.1, -0.05) is 0 Å². The van der Waals surface area contributed by atoms with Crippen LogP contribution in [0, 0.1) is 0 Å². The van der Waals surface area contributed by atoms with Crippen LogP contribution in [0.1, 0.15) is 16.7 Å². The summed E-state index contributed by atoms with van der Waals surface area (Å²) in [4.78, 5) is 0. The lowest BCUT2D eigenvalue weighted by atomic mass is 9.88. The van der Waals surface area contributed by atoms with Crippen LogP contribution in [0.4, 0.5) is 0 Å². The summed E-state index contributed by atoms with van der Waals surface area (Å²) in [6, 6.07) is 14.3. The van der Waals surface area contributed by atoms with Gasteiger partial charge in [-0.25, -0.2) is 0 Å². The Kier molecular flexibility index (Phi) is 6.65. The first-order chi connectivity index (χ1) is 17.6. The molecular weight excluding hydrogens is 494 g/mol. The second kappa shape index (κ2) is 9.90. The van der Waals surface area contributed by atoms with Crippen LogP contribution >= 0.6 is 0 Å². The fourth-order valence-electron chi connectivity index (χ4n) is 5.36. The predicted octanol–water partition coefficient (Wildman–Crippen LogP) is 1.71. The molecule has 2 aliphatic rings. The number of halogens is 1. The maximum absolute atomic E-state index is 5.83. The van der Waals surface area contributed by atoms with E-state index in [1.165, 1.54) is 11.1 Å². The van der Waals surface area contributed by atoms with Crippen LogP contribution in [0.2, 0.25) is 0 Å². The van der Waals surface area contributed by atoms with Crippen LogP contribution in [-0.4, -0.2) is 35.2 Å². The van der Waals surface area contributed by atoms with Crippen LogP contribution in [0.25, 0.3) is 22.0 Å². The molecule has 0 saturated heterocycles. The molecule has 37 heavy (non-hydrogen) atoms. The molecule has 2 aliphatic heterocycles. The van der Waals surface area contributed by atoms with Crippen molar-refractivity contribution < 1.29 is 45.4 Å². The second-order valence-electron chi connectivity index (χ2n) is 8.92. The summed E-state index contributed by atoms with van der Waals surface area (Å²) in [7, 11) is 6.69. The van der Waals surface area contributed by atoms with E-state index >= 15 is 0 Å². The molecule has 192 valence electrons. The molecule has 0 unspecified atom stereocenters. The highest BCUT2D eigenvalue weighted by atomic mass is 35.5. The van der Waals surface area contributed by atoms with Crippen LogP contribution < -0.4 is 45.4 Å². The van der Waals surface area contributed by atoms with Crippen molar-refractivity contribution in [3.8, 4) is 45.8 Å². The van der Waals surface area contributed by atoms with Crippen LogP contribution in [-0.2, 0) is 19.4 Å². The molecule has 0 bridgehead atoms. The molecule has 1 aromatic heterocycles. The van der Waals surface area contributed by atoms with Crippen molar-refractivity contribution in [2.24, 2.45) is 0 Å². The first-order valence-electron chi connectivity index (χ1n) is 11.9. The molecule has 3 heterocycles. The maximum atomic E-state index is 5.83. The summed E-state index contributed by atoms with van der Waals surface area (Å²) < 4.78 is 36.3. The fraction of sp³-hybridized carbons (Fsp3) is 0.276. The number of benzene rings is 3. The lowest BCUT2D eigenvalue weighted by molar-refractivity contribution is -0.686. The number of hydrogen-bond acceptors (Lipinski definition) is 6. The number of nitrogens with zero attached hydrogens (tertiary/aromatic N) is 1. The zero-order valence-corrected chi connectivity index (χ0v) is 22.0. The average molecular weight is 522 g/mol. The van der Waals surface area contributed by atoms with Gasteiger partial charge in [0.15, 0.2) is 35.7 Å². The molecule has 0 amide bonds. The third kappa shape index (κ3) is 4.13. The number of hydrogen-bond donors (Lipinski definition) is 0. The van der Waals surface area contributed by atoms with Crippen molar-refractivity contribution in [2.45, 2.75) is 19.4 Å². The third-order valence-electron chi connectivity index (χ3n) is 7.03. The monoisotopic (exact) mass is 521 g/mol. The summed E-state index contributed by atoms with van der Waals surface area (Å²) in [6.45, 7) is 1.09. The normalized spacial score (nSPS) is 12.9. The molecule has 6 rings (SSSR count). The molecular formula is C29H28ClNO6. The molecule has 8 heteroatoms. The van der Waals surface area contributed by atoms with Crippen molar-refractivity contribution in [3.63, 3.8) is 0 Å². The molecule has 3 aromatic carbocycles. The quantitative estimate of drug-likeness (QED) is 0.360. The molecule has 0 saturated carbocycles. The van der Waals surface area contributed by atoms with Gasteiger partial charge in [0, 0.05) is 29.9 Å². The van der Waals surface area contributed by atoms with E-state index in [0.717, 1.165) is 69.3 Å². The van der Waals surface area contributed by atoms with Gasteiger partial charge in [0.1, 0.15) is 11.5 Å². The number of aromatic nitrogens is 1. The SMILES string of the molecule is COc1cc(Cc2c3[n+](cc4c(OC)c(OC)ccc24)CCc2cc4c(cc2-3)OCO4)cc(OC)c1.[Cl-]. The van der Waals surface area contributed by atoms with Crippen LogP contribution in [0.5, 0.6) is 34.5 Å². The lowest BCUT2D eigenvalue weighted by Crippen LogP contribution is -3.00. The van der Waals surface area contributed by atoms with Gasteiger partial charge in [-0.2, -0.15) is 4.57 Å². The molecule has 0 radical (unpaired) electrons. The number of rotatable bonds is 6. The number of fused-ring (bicyclic) bond motifs is 5. The minimum Gasteiger partial charge on any atom is -1.00 e. The Labute approximate surface area is 221 Å². The molecule has 0 atom stereocenters. The summed E-state index contributed by atoms with van der Waals surface area (Å²) in [5.41, 5.74) is 5.85. The fourth-order valence-corrected chi connectivity index (χ4v) is 5.36. The Morgan fingerprint density at radius 3 is 2.22 bits per heavy atom. The first-order valence-corrected chi connectivity index (χ1v) is 11.9. The van der Waals surface area contributed by atoms with E-state index in [2.05, 4.69) is 41.1 Å². The van der Waals surface area contributed by atoms with Crippen molar-refractivity contribution >= 4 is 10.8 Å². The maximum Gasteiger partial charge on any atom is 0.231 e. The van der Waals surface area contributed by atoms with Crippen LogP contribution in [0.15, 0.2) is 48.7 Å². The molecule has 4 aromatic rings. The summed E-state index contributed by atoms with van der Waals surface area (Å²) in [6.07, 6.45) is 3.74. The standard InChI is InChI=1S/C29H28NO6.ClH/c1-31-19-9-17(10-20(13-19)32-2)11-23-21-5-6-25(33-3)29(34-4)24(21)15-30-8-7-18-12-26-27(36-16-35-26)14-22(18)28(23)30;/h5-6,9-10,12-15H,7-8,11,16H2,1-4H3;1H/q+1;/p-1. The van der Waals surface area contributed by atoms with E-state index in [9.17, 15) is 0 Å². The minimum atomic E-state index is 0. The Balaban J connectivity index is 0.00000280. The Bertz CT molecular complexity index is 1480. The third-order valence-corrected chi connectivity index (χ3v) is 7.03. The largest absolute Gasteiger partial charge is 1.00 e. The Hall–Kier alpha value is -3.84. The first kappa shape index (κ1) is 24.8. The van der Waals surface area contributed by atoms with Crippen molar-refractivity contribution in [2.75, 3.05) is 35.2 Å². The van der Waals surface area contributed by atoms with Gasteiger partial charge in [0.25, 0.3) is 0 Å². The molecule has 0 N–H and O–H groups in total. The molecule has 7 nitrogen and oxygen atoms in total. The van der Waals surface area contributed by atoms with E-state index in [0.29, 0.717) is 12.2 Å². The number of aryl methyl sites for hydroxylation is 2. The smallest absolute Gasteiger partial charge is 0.231 e. The second-order valence-corrected chi connectivity index (χ2v) is 8.92. The number of pyridine rings is 1. The Morgan fingerprint density at radius 1 is 0.811 bits per heavy atom. The van der Waals surface area contributed by atoms with Crippen molar-refractivity contribution in [3.05, 3.63) is 65.4 Å². The van der Waals surface area contributed by atoms with Gasteiger partial charge < -0.3 is 40.8 Å². The zero-order chi connectivity index (χ0) is 24.8. The van der Waals surface area contributed by atoms with Gasteiger partial charge in [-0.05, 0) is 47.5 Å². The number of ether oxygens (including phenoxy) is 6. The highest BCUT2D eigenvalue weighted by Gasteiger charge is 2.32. The zero-order valence-electron chi connectivity index (χ0n) is 21.2. The molecule has 0 fully saturated rings. The molecule has 0 aliphatic carbocycles. The van der Waals surface area contributed by atoms with Gasteiger partial charge in [-0.15, -0.1) is 0 Å². The minimum absolute atomic E-state index is 0. The van der Waals surface area contributed by atoms with Gasteiger partial charge in [0.05, 0.1) is 39.4 Å². The van der Waals surface area contributed by atoms with Crippen LogP contribution in [0.3, 0.4) is 0 Å². The van der Waals surface area contributed by atoms with E-state index in [1.807, 2.05) is 12.1 Å². The van der Waals surface area contributed by atoms with Gasteiger partial charge in [0.2, 0.25) is 12.5 Å². The van der Waals surface area contributed by atoms with E-state index in [-0.39, 0.29) is 19.2 Å². The van der Waals surface area contributed by atoms with Crippen molar-refractivity contribution in [1.29, 1.82) is 0 Å². The van der Waals surface area contributed by atoms with E-state index < -0.39 is 0 Å². The van der Waals surface area contributed by atoms with Gasteiger partial charge in [-0.3, -0.25) is 0 Å². The Morgan fingerprint density at radius 2 is 1.54 bits per heavy atom. The highest BCUT2D eigenvalue weighted by molar-refractivity contribution is 5.95. The van der Waals surface area contributed by atoms with Gasteiger partial charge >= 0.3 is 0 Å². The summed E-state index contributed by atoms with van der Waals surface area (Å²) in [5.74, 6) is 4.55. The highest BCUT2D eigenvalue weighted by Crippen LogP contribution is 2.44. The summed E-state index contributed by atoms with van der Waals surface area (Å²) >= 11 is 0. The predicted molar refractivity (Wildman–Crippen MR) is 135 cm³/mol. The average Bonchev–Trinajstić information content (AvgIpc) is 3.37. The van der Waals surface area contributed by atoms with E-state index in [4.69, 9.17) is 28.4 Å². The van der Waals surface area contributed by atoms with E-state index in [1.54, 1.807) is 28.4 Å². The topological polar surface area (TPSA) is 59.3 Å².